The van der Waals surface area contributed by atoms with E-state index in [4.69, 9.17) is 0 Å². The van der Waals surface area contributed by atoms with Crippen molar-refractivity contribution in [1.29, 1.82) is 0 Å². The van der Waals surface area contributed by atoms with Crippen LogP contribution in [0.5, 0.6) is 0 Å². The molecule has 0 spiro atoms. The van der Waals surface area contributed by atoms with E-state index in [9.17, 15) is 9.59 Å². The van der Waals surface area contributed by atoms with Crippen LogP contribution in [0, 0.1) is 0 Å². The van der Waals surface area contributed by atoms with Crippen LogP contribution in [0.2, 0.25) is 0 Å². The summed E-state index contributed by atoms with van der Waals surface area (Å²) < 4.78 is 1.71. The van der Waals surface area contributed by atoms with Gasteiger partial charge < -0.3 is 9.80 Å². The minimum Gasteiger partial charge on any atom is -0.335 e. The first-order valence-corrected chi connectivity index (χ1v) is 8.26. The molecule has 2 aromatic heterocycles. The fraction of sp³-hybridized carbons (Fsp3) is 0.235. The van der Waals surface area contributed by atoms with Crippen molar-refractivity contribution in [3.8, 4) is 5.69 Å². The maximum Gasteiger partial charge on any atom is 0.291 e. The molecule has 1 N–H and O–H groups in total. The van der Waals surface area contributed by atoms with E-state index in [1.54, 1.807) is 26.7 Å². The Morgan fingerprint density at radius 3 is 2.42 bits per heavy atom. The standard InChI is InChI=1S/C17H17N7O2/c25-16(13-3-1-4-14(11-13)24-6-2-5-20-24)22-7-9-23(10-8-22)17(26)15-18-12-19-21-15/h1-6,11-12H,7-10H2,(H,18,19,21). The molecule has 1 fully saturated rings. The van der Waals surface area contributed by atoms with Crippen molar-refractivity contribution >= 4 is 11.8 Å². The van der Waals surface area contributed by atoms with E-state index in [0.29, 0.717) is 31.7 Å². The van der Waals surface area contributed by atoms with Gasteiger partial charge in [0.2, 0.25) is 5.82 Å². The van der Waals surface area contributed by atoms with E-state index in [1.165, 1.54) is 6.33 Å². The number of aromatic amines is 1. The van der Waals surface area contributed by atoms with E-state index in [-0.39, 0.29) is 17.6 Å². The first kappa shape index (κ1) is 16.0. The Kier molecular flexibility index (Phi) is 4.18. The zero-order valence-corrected chi connectivity index (χ0v) is 13.9. The monoisotopic (exact) mass is 351 g/mol. The summed E-state index contributed by atoms with van der Waals surface area (Å²) in [5.41, 5.74) is 1.44. The highest BCUT2D eigenvalue weighted by Gasteiger charge is 2.26. The van der Waals surface area contributed by atoms with Crippen LogP contribution in [0.4, 0.5) is 0 Å². The number of piperazine rings is 1. The number of hydrogen-bond donors (Lipinski definition) is 1. The Bertz CT molecular complexity index is 897. The van der Waals surface area contributed by atoms with Crippen LogP contribution in [0.3, 0.4) is 0 Å². The molecule has 0 bridgehead atoms. The molecule has 0 aliphatic carbocycles. The predicted octanol–water partition coefficient (Wildman–Crippen LogP) is 0.589. The molecule has 2 amide bonds. The van der Waals surface area contributed by atoms with Gasteiger partial charge in [-0.2, -0.15) is 10.2 Å². The topological polar surface area (TPSA) is 100 Å². The molecule has 132 valence electrons. The quantitative estimate of drug-likeness (QED) is 0.744. The Hall–Kier alpha value is -3.49. The minimum absolute atomic E-state index is 0.0502. The molecule has 26 heavy (non-hydrogen) atoms. The Morgan fingerprint density at radius 2 is 1.77 bits per heavy atom. The highest BCUT2D eigenvalue weighted by molar-refractivity contribution is 5.95. The van der Waals surface area contributed by atoms with Crippen molar-refractivity contribution < 1.29 is 9.59 Å². The van der Waals surface area contributed by atoms with Gasteiger partial charge in [0.25, 0.3) is 11.8 Å². The van der Waals surface area contributed by atoms with Crippen molar-refractivity contribution in [1.82, 2.24) is 34.8 Å². The first-order chi connectivity index (χ1) is 12.7. The molecular weight excluding hydrogens is 334 g/mol. The van der Waals surface area contributed by atoms with Crippen molar-refractivity contribution in [2.45, 2.75) is 0 Å². The molecule has 0 atom stereocenters. The number of carbonyl (C=O) groups excluding carboxylic acids is 2. The van der Waals surface area contributed by atoms with Crippen LogP contribution in [0.15, 0.2) is 49.1 Å². The fourth-order valence-corrected chi connectivity index (χ4v) is 2.96. The Morgan fingerprint density at radius 1 is 1.00 bits per heavy atom. The van der Waals surface area contributed by atoms with Gasteiger partial charge in [-0.25, -0.2) is 9.67 Å². The lowest BCUT2D eigenvalue weighted by Crippen LogP contribution is -2.50. The minimum atomic E-state index is -0.199. The van der Waals surface area contributed by atoms with Crippen molar-refractivity contribution in [3.63, 3.8) is 0 Å². The normalized spacial score (nSPS) is 14.5. The number of nitrogens with one attached hydrogen (secondary N) is 1. The van der Waals surface area contributed by atoms with E-state index in [1.807, 2.05) is 30.5 Å². The van der Waals surface area contributed by atoms with Gasteiger partial charge in [0.05, 0.1) is 5.69 Å². The van der Waals surface area contributed by atoms with E-state index >= 15 is 0 Å². The van der Waals surface area contributed by atoms with Gasteiger partial charge in [0, 0.05) is 44.1 Å². The molecule has 0 unspecified atom stereocenters. The third-order valence-electron chi connectivity index (χ3n) is 4.33. The van der Waals surface area contributed by atoms with Crippen molar-refractivity contribution in [2.24, 2.45) is 0 Å². The van der Waals surface area contributed by atoms with Gasteiger partial charge in [-0.05, 0) is 24.3 Å². The number of rotatable bonds is 3. The molecule has 3 aromatic rings. The summed E-state index contributed by atoms with van der Waals surface area (Å²) in [6.07, 6.45) is 4.83. The van der Waals surface area contributed by atoms with Gasteiger partial charge in [0.15, 0.2) is 0 Å². The number of aromatic nitrogens is 5. The van der Waals surface area contributed by atoms with Gasteiger partial charge in [0.1, 0.15) is 6.33 Å². The second kappa shape index (κ2) is 6.79. The highest BCUT2D eigenvalue weighted by atomic mass is 16.2. The molecule has 9 heteroatoms. The first-order valence-electron chi connectivity index (χ1n) is 8.26. The predicted molar refractivity (Wildman–Crippen MR) is 91.8 cm³/mol. The molecule has 3 heterocycles. The van der Waals surface area contributed by atoms with Crippen LogP contribution >= 0.6 is 0 Å². The molecule has 1 saturated heterocycles. The van der Waals surface area contributed by atoms with Crippen LogP contribution < -0.4 is 0 Å². The SMILES string of the molecule is O=C(c1cccc(-n2cccn2)c1)N1CCN(C(=O)c2ncn[nH]2)CC1. The number of carbonyl (C=O) groups is 2. The molecule has 1 aliphatic heterocycles. The van der Waals surface area contributed by atoms with E-state index in [0.717, 1.165) is 5.69 Å². The molecule has 0 radical (unpaired) electrons. The third kappa shape index (κ3) is 3.06. The molecule has 9 nitrogen and oxygen atoms in total. The summed E-state index contributed by atoms with van der Waals surface area (Å²) in [5.74, 6) is -0.0299. The number of hydrogen-bond acceptors (Lipinski definition) is 5. The van der Waals surface area contributed by atoms with E-state index < -0.39 is 0 Å². The average molecular weight is 351 g/mol. The molecule has 1 aliphatic rings. The van der Waals surface area contributed by atoms with Crippen LogP contribution in [-0.2, 0) is 0 Å². The fourth-order valence-electron chi connectivity index (χ4n) is 2.96. The van der Waals surface area contributed by atoms with Gasteiger partial charge in [-0.3, -0.25) is 14.7 Å². The molecule has 0 saturated carbocycles. The highest BCUT2D eigenvalue weighted by Crippen LogP contribution is 2.14. The number of H-pyrrole nitrogens is 1. The van der Waals surface area contributed by atoms with Crippen molar-refractivity contribution in [2.75, 3.05) is 26.2 Å². The molecule has 1 aromatic carbocycles. The summed E-state index contributed by atoms with van der Waals surface area (Å²) in [7, 11) is 0. The lowest BCUT2D eigenvalue weighted by Gasteiger charge is -2.34. The van der Waals surface area contributed by atoms with Crippen molar-refractivity contribution in [3.05, 3.63) is 60.4 Å². The average Bonchev–Trinajstić information content (AvgIpc) is 3.41. The summed E-state index contributed by atoms with van der Waals surface area (Å²) in [5, 5.41) is 10.5. The second-order valence-corrected chi connectivity index (χ2v) is 5.92. The largest absolute Gasteiger partial charge is 0.335 e. The summed E-state index contributed by atoms with van der Waals surface area (Å²) in [6, 6.07) is 9.19. The van der Waals surface area contributed by atoms with Crippen LogP contribution in [0.25, 0.3) is 5.69 Å². The van der Waals surface area contributed by atoms with Gasteiger partial charge >= 0.3 is 0 Å². The summed E-state index contributed by atoms with van der Waals surface area (Å²) in [4.78, 5) is 32.4. The molecular formula is C17H17N7O2. The lowest BCUT2D eigenvalue weighted by molar-refractivity contribution is 0.0529. The third-order valence-corrected chi connectivity index (χ3v) is 4.33. The Balaban J connectivity index is 1.42. The van der Waals surface area contributed by atoms with Gasteiger partial charge in [-0.1, -0.05) is 6.07 Å². The summed E-state index contributed by atoms with van der Waals surface area (Å²) in [6.45, 7) is 1.88. The van der Waals surface area contributed by atoms with Crippen LogP contribution in [-0.4, -0.2) is 72.8 Å². The smallest absolute Gasteiger partial charge is 0.291 e. The molecule has 4 rings (SSSR count). The zero-order chi connectivity index (χ0) is 17.9. The number of nitrogens with zero attached hydrogens (tertiary/aromatic N) is 6. The Labute approximate surface area is 149 Å². The lowest BCUT2D eigenvalue weighted by atomic mass is 10.1. The number of benzene rings is 1. The second-order valence-electron chi connectivity index (χ2n) is 5.92. The zero-order valence-electron chi connectivity index (χ0n) is 13.9. The van der Waals surface area contributed by atoms with Crippen LogP contribution in [0.1, 0.15) is 21.0 Å². The van der Waals surface area contributed by atoms with E-state index in [2.05, 4.69) is 20.3 Å². The number of amides is 2. The maximum atomic E-state index is 12.8. The summed E-state index contributed by atoms with van der Waals surface area (Å²) >= 11 is 0. The van der Waals surface area contributed by atoms with Gasteiger partial charge in [-0.15, -0.1) is 0 Å². The maximum absolute atomic E-state index is 12.8.